The third-order valence-corrected chi connectivity index (χ3v) is 4.43. The van der Waals surface area contributed by atoms with Crippen LogP contribution in [0.5, 0.6) is 17.2 Å². The molecule has 2 aromatic carbocycles. The van der Waals surface area contributed by atoms with Gasteiger partial charge in [-0.1, -0.05) is 44.4 Å². The fraction of sp³-hybridized carbons (Fsp3) is 0.381. The highest BCUT2D eigenvalue weighted by Gasteiger charge is 2.29. The third kappa shape index (κ3) is 4.13. The maximum Gasteiger partial charge on any atom is 0.170 e. The van der Waals surface area contributed by atoms with E-state index in [0.29, 0.717) is 17.9 Å². The van der Waals surface area contributed by atoms with Gasteiger partial charge >= 0.3 is 0 Å². The normalized spacial score (nSPS) is 16.2. The third-order valence-electron chi connectivity index (χ3n) is 4.43. The zero-order valence-electron chi connectivity index (χ0n) is 14.5. The van der Waals surface area contributed by atoms with E-state index in [-0.39, 0.29) is 18.0 Å². The summed E-state index contributed by atoms with van der Waals surface area (Å²) in [4.78, 5) is 12.4. The van der Waals surface area contributed by atoms with E-state index in [1.54, 1.807) is 6.07 Å². The molecular weight excluding hydrogens is 316 g/mol. The van der Waals surface area contributed by atoms with Gasteiger partial charge in [0.05, 0.1) is 18.6 Å². The molecule has 1 heterocycles. The zero-order chi connectivity index (χ0) is 17.6. The topological polar surface area (TPSA) is 55.8 Å². The van der Waals surface area contributed by atoms with Crippen molar-refractivity contribution in [2.75, 3.05) is 6.61 Å². The first kappa shape index (κ1) is 17.3. The van der Waals surface area contributed by atoms with Crippen molar-refractivity contribution in [1.29, 1.82) is 0 Å². The number of ether oxygens (including phenoxy) is 2. The van der Waals surface area contributed by atoms with Crippen molar-refractivity contribution < 1.29 is 19.4 Å². The average Bonchev–Trinajstić information content (AvgIpc) is 2.61. The molecule has 0 bridgehead atoms. The Morgan fingerprint density at radius 2 is 2.00 bits per heavy atom. The Bertz CT molecular complexity index is 738. The largest absolute Gasteiger partial charge is 0.508 e. The van der Waals surface area contributed by atoms with Crippen molar-refractivity contribution in [3.63, 3.8) is 0 Å². The summed E-state index contributed by atoms with van der Waals surface area (Å²) >= 11 is 0. The molecule has 4 nitrogen and oxygen atoms in total. The Labute approximate surface area is 148 Å². The summed E-state index contributed by atoms with van der Waals surface area (Å²) < 4.78 is 11.9. The van der Waals surface area contributed by atoms with Crippen molar-refractivity contribution >= 4 is 5.78 Å². The van der Waals surface area contributed by atoms with Gasteiger partial charge in [-0.25, -0.2) is 0 Å². The lowest BCUT2D eigenvalue weighted by molar-refractivity contribution is 0.0845. The van der Waals surface area contributed by atoms with Crippen LogP contribution in [-0.2, 0) is 0 Å². The van der Waals surface area contributed by atoms with E-state index in [2.05, 4.69) is 6.92 Å². The van der Waals surface area contributed by atoms with Gasteiger partial charge in [0.1, 0.15) is 23.4 Å². The van der Waals surface area contributed by atoms with Gasteiger partial charge in [0.15, 0.2) is 5.78 Å². The predicted octanol–water partition coefficient (Wildman–Crippen LogP) is 5.06. The van der Waals surface area contributed by atoms with Crippen LogP contribution >= 0.6 is 0 Å². The second-order valence-corrected chi connectivity index (χ2v) is 6.36. The monoisotopic (exact) mass is 340 g/mol. The Morgan fingerprint density at radius 1 is 1.16 bits per heavy atom. The number of ketones is 1. The molecule has 1 aliphatic heterocycles. The molecule has 1 atom stereocenters. The zero-order valence-corrected chi connectivity index (χ0v) is 14.5. The number of unbranched alkanes of at least 4 members (excludes halogenated alkanes) is 3. The van der Waals surface area contributed by atoms with Crippen LogP contribution in [-0.4, -0.2) is 17.5 Å². The molecule has 25 heavy (non-hydrogen) atoms. The second-order valence-electron chi connectivity index (χ2n) is 6.36. The molecule has 0 fully saturated rings. The molecule has 0 saturated carbocycles. The SMILES string of the molecule is CCCCCCOc1ccccc1C1CC(=O)c2ccc(O)cc2O1. The van der Waals surface area contributed by atoms with E-state index >= 15 is 0 Å². The van der Waals surface area contributed by atoms with Crippen molar-refractivity contribution in [2.45, 2.75) is 45.1 Å². The Hall–Kier alpha value is -2.49. The molecule has 0 saturated heterocycles. The number of phenols is 1. The van der Waals surface area contributed by atoms with Crippen molar-refractivity contribution in [1.82, 2.24) is 0 Å². The lowest BCUT2D eigenvalue weighted by Gasteiger charge is -2.27. The molecule has 0 aliphatic carbocycles. The molecule has 1 N–H and O–H groups in total. The fourth-order valence-electron chi connectivity index (χ4n) is 3.07. The molecule has 0 amide bonds. The van der Waals surface area contributed by atoms with Crippen LogP contribution < -0.4 is 9.47 Å². The second kappa shape index (κ2) is 8.06. The van der Waals surface area contributed by atoms with Crippen LogP contribution in [0.4, 0.5) is 0 Å². The maximum absolute atomic E-state index is 12.4. The lowest BCUT2D eigenvalue weighted by atomic mass is 9.95. The number of phenolic OH excluding ortho intramolecular Hbond substituents is 1. The minimum Gasteiger partial charge on any atom is -0.508 e. The van der Waals surface area contributed by atoms with Gasteiger partial charge in [-0.15, -0.1) is 0 Å². The fourth-order valence-corrected chi connectivity index (χ4v) is 3.07. The molecule has 2 aromatic rings. The van der Waals surface area contributed by atoms with Crippen LogP contribution in [0.2, 0.25) is 0 Å². The van der Waals surface area contributed by atoms with Gasteiger partial charge < -0.3 is 14.6 Å². The number of para-hydroxylation sites is 1. The van der Waals surface area contributed by atoms with Gasteiger partial charge in [0.2, 0.25) is 0 Å². The van der Waals surface area contributed by atoms with Gasteiger partial charge in [0.25, 0.3) is 0 Å². The van der Waals surface area contributed by atoms with Gasteiger partial charge in [-0.3, -0.25) is 4.79 Å². The number of fused-ring (bicyclic) bond motifs is 1. The lowest BCUT2D eigenvalue weighted by Crippen LogP contribution is -2.21. The predicted molar refractivity (Wildman–Crippen MR) is 96.5 cm³/mol. The highest BCUT2D eigenvalue weighted by molar-refractivity contribution is 6.00. The van der Waals surface area contributed by atoms with E-state index in [0.717, 1.165) is 24.2 Å². The molecule has 4 heteroatoms. The first-order chi connectivity index (χ1) is 12.2. The minimum atomic E-state index is -0.395. The number of Topliss-reactive ketones (excluding diaryl/α,β-unsaturated/α-hetero) is 1. The number of hydrogen-bond acceptors (Lipinski definition) is 4. The summed E-state index contributed by atoms with van der Waals surface area (Å²) in [5.74, 6) is 1.30. The highest BCUT2D eigenvalue weighted by Crippen LogP contribution is 2.39. The number of carbonyl (C=O) groups excluding carboxylic acids is 1. The summed E-state index contributed by atoms with van der Waals surface area (Å²) in [5, 5.41) is 9.66. The molecule has 0 radical (unpaired) electrons. The highest BCUT2D eigenvalue weighted by atomic mass is 16.5. The van der Waals surface area contributed by atoms with Crippen LogP contribution in [0, 0.1) is 0 Å². The Morgan fingerprint density at radius 3 is 2.84 bits per heavy atom. The number of rotatable bonds is 7. The Kier molecular flexibility index (Phi) is 5.59. The van der Waals surface area contributed by atoms with E-state index in [9.17, 15) is 9.90 Å². The van der Waals surface area contributed by atoms with Crippen LogP contribution in [0.3, 0.4) is 0 Å². The van der Waals surface area contributed by atoms with Crippen molar-refractivity contribution in [3.8, 4) is 17.2 Å². The Balaban J connectivity index is 1.75. The summed E-state index contributed by atoms with van der Waals surface area (Å²) in [7, 11) is 0. The average molecular weight is 340 g/mol. The molecular formula is C21H24O4. The van der Waals surface area contributed by atoms with Crippen molar-refractivity contribution in [3.05, 3.63) is 53.6 Å². The van der Waals surface area contributed by atoms with Crippen LogP contribution in [0.25, 0.3) is 0 Å². The summed E-state index contributed by atoms with van der Waals surface area (Å²) in [6, 6.07) is 12.3. The quantitative estimate of drug-likeness (QED) is 0.716. The molecule has 132 valence electrons. The smallest absolute Gasteiger partial charge is 0.170 e. The van der Waals surface area contributed by atoms with Crippen LogP contribution in [0.1, 0.15) is 61.1 Å². The molecule has 1 unspecified atom stereocenters. The first-order valence-electron chi connectivity index (χ1n) is 8.93. The summed E-state index contributed by atoms with van der Waals surface area (Å²) in [5.41, 5.74) is 1.40. The van der Waals surface area contributed by atoms with Gasteiger partial charge in [0, 0.05) is 11.6 Å². The van der Waals surface area contributed by atoms with E-state index in [1.165, 1.54) is 25.0 Å². The first-order valence-corrected chi connectivity index (χ1v) is 8.93. The number of aromatic hydroxyl groups is 1. The number of benzene rings is 2. The minimum absolute atomic E-state index is 0.0176. The number of hydrogen-bond donors (Lipinski definition) is 1. The van der Waals surface area contributed by atoms with Crippen LogP contribution in [0.15, 0.2) is 42.5 Å². The van der Waals surface area contributed by atoms with E-state index in [1.807, 2.05) is 24.3 Å². The molecule has 0 spiro atoms. The van der Waals surface area contributed by atoms with E-state index < -0.39 is 6.10 Å². The maximum atomic E-state index is 12.4. The van der Waals surface area contributed by atoms with Crippen molar-refractivity contribution in [2.24, 2.45) is 0 Å². The molecule has 1 aliphatic rings. The number of carbonyl (C=O) groups is 1. The molecule has 3 rings (SSSR count). The summed E-state index contributed by atoms with van der Waals surface area (Å²) in [6.07, 6.45) is 4.46. The van der Waals surface area contributed by atoms with E-state index in [4.69, 9.17) is 9.47 Å². The molecule has 0 aromatic heterocycles. The van der Waals surface area contributed by atoms with Gasteiger partial charge in [-0.2, -0.15) is 0 Å². The summed E-state index contributed by atoms with van der Waals surface area (Å²) in [6.45, 7) is 2.85. The van der Waals surface area contributed by atoms with Gasteiger partial charge in [-0.05, 0) is 24.6 Å². The standard InChI is InChI=1S/C21H24O4/c1-2-3-4-7-12-24-19-9-6-5-8-17(19)21-14-18(23)16-11-10-15(22)13-20(16)25-21/h5-6,8-11,13,21-22H,2-4,7,12,14H2,1H3.